The SMILES string of the molecule is C=C(C)COCCCCCCCCCCCCCC([SiH3])(Br)Br. The van der Waals surface area contributed by atoms with Crippen LogP contribution in [-0.4, -0.2) is 26.3 Å². The summed E-state index contributed by atoms with van der Waals surface area (Å²) in [5.41, 5.74) is 1.12. The second-order valence-corrected chi connectivity index (χ2v) is 15.9. The molecule has 1 nitrogen and oxygen atoms in total. The van der Waals surface area contributed by atoms with Gasteiger partial charge in [0.2, 0.25) is 0 Å². The standard InChI is InChI=1S/C18H36Br2OSi/c1-17(2)16-21-15-13-11-9-7-5-3-4-6-8-10-12-14-18(19,20)22/h1,3-16H2,2,22H3. The molecule has 0 aliphatic carbocycles. The van der Waals surface area contributed by atoms with Crippen LogP contribution in [0.4, 0.5) is 0 Å². The van der Waals surface area contributed by atoms with Crippen LogP contribution >= 0.6 is 31.9 Å². The van der Waals surface area contributed by atoms with Gasteiger partial charge in [0, 0.05) is 16.8 Å². The molecule has 0 fully saturated rings. The van der Waals surface area contributed by atoms with Crippen LogP contribution in [0.5, 0.6) is 0 Å². The Balaban J connectivity index is 3.04. The molecule has 0 aliphatic heterocycles. The Kier molecular flexibility index (Phi) is 16.0. The summed E-state index contributed by atoms with van der Waals surface area (Å²) in [5.74, 6) is 0. The first-order valence-corrected chi connectivity index (χ1v) is 11.6. The topological polar surface area (TPSA) is 9.23 Å². The first kappa shape index (κ1) is 22.9. The van der Waals surface area contributed by atoms with Crippen LogP contribution in [-0.2, 0) is 4.74 Å². The van der Waals surface area contributed by atoms with Gasteiger partial charge in [-0.05, 0) is 19.8 Å². The highest BCUT2D eigenvalue weighted by molar-refractivity contribution is 9.26. The van der Waals surface area contributed by atoms with E-state index in [1.165, 1.54) is 87.3 Å². The van der Waals surface area contributed by atoms with E-state index in [2.05, 4.69) is 38.4 Å². The maximum absolute atomic E-state index is 5.50. The fourth-order valence-corrected chi connectivity index (χ4v) is 3.39. The molecule has 0 aromatic carbocycles. The van der Waals surface area contributed by atoms with Gasteiger partial charge in [-0.1, -0.05) is 108 Å². The number of halogens is 2. The molecule has 0 atom stereocenters. The van der Waals surface area contributed by atoms with E-state index in [1.807, 2.05) is 6.92 Å². The van der Waals surface area contributed by atoms with Crippen molar-refractivity contribution in [3.05, 3.63) is 12.2 Å². The summed E-state index contributed by atoms with van der Waals surface area (Å²) in [6.45, 7) is 7.48. The predicted molar refractivity (Wildman–Crippen MR) is 112 cm³/mol. The van der Waals surface area contributed by atoms with Gasteiger partial charge in [0.1, 0.15) is 0 Å². The van der Waals surface area contributed by atoms with E-state index in [1.54, 1.807) is 0 Å². The third-order valence-electron chi connectivity index (χ3n) is 3.75. The molecule has 0 radical (unpaired) electrons. The van der Waals surface area contributed by atoms with Crippen molar-refractivity contribution in [1.82, 2.24) is 0 Å². The van der Waals surface area contributed by atoms with E-state index in [0.29, 0.717) is 0 Å². The van der Waals surface area contributed by atoms with Crippen LogP contribution < -0.4 is 0 Å². The lowest BCUT2D eigenvalue weighted by Crippen LogP contribution is -2.09. The van der Waals surface area contributed by atoms with Crippen LogP contribution in [0.3, 0.4) is 0 Å². The molecule has 0 aliphatic rings. The minimum atomic E-state index is 0.287. The van der Waals surface area contributed by atoms with E-state index in [-0.39, 0.29) is 2.86 Å². The molecule has 0 unspecified atom stereocenters. The smallest absolute Gasteiger partial charge is 0.0671 e. The van der Waals surface area contributed by atoms with Crippen LogP contribution in [0.15, 0.2) is 12.2 Å². The number of hydrogen-bond donors (Lipinski definition) is 0. The van der Waals surface area contributed by atoms with Gasteiger partial charge < -0.3 is 4.74 Å². The highest BCUT2D eigenvalue weighted by Crippen LogP contribution is 2.28. The quantitative estimate of drug-likeness (QED) is 0.119. The maximum atomic E-state index is 5.50. The fourth-order valence-electron chi connectivity index (χ4n) is 2.48. The monoisotopic (exact) mass is 454 g/mol. The lowest BCUT2D eigenvalue weighted by atomic mass is 10.1. The molecule has 0 N–H and O–H groups in total. The lowest BCUT2D eigenvalue weighted by Gasteiger charge is -2.13. The number of unbranched alkanes of at least 4 members (excludes halogenated alkanes) is 10. The van der Waals surface area contributed by atoms with Crippen molar-refractivity contribution < 1.29 is 4.74 Å². The second kappa shape index (κ2) is 15.4. The van der Waals surface area contributed by atoms with Gasteiger partial charge >= 0.3 is 0 Å². The highest BCUT2D eigenvalue weighted by atomic mass is 79.9. The van der Waals surface area contributed by atoms with Crippen molar-refractivity contribution in [2.24, 2.45) is 0 Å². The van der Waals surface area contributed by atoms with Crippen molar-refractivity contribution >= 4 is 42.1 Å². The largest absolute Gasteiger partial charge is 0.377 e. The molecule has 22 heavy (non-hydrogen) atoms. The van der Waals surface area contributed by atoms with Crippen molar-refractivity contribution in [2.75, 3.05) is 13.2 Å². The predicted octanol–water partition coefficient (Wildman–Crippen LogP) is 6.07. The second-order valence-electron chi connectivity index (χ2n) is 6.72. The summed E-state index contributed by atoms with van der Waals surface area (Å²) in [6, 6.07) is 0. The van der Waals surface area contributed by atoms with E-state index in [4.69, 9.17) is 4.74 Å². The molecule has 4 heteroatoms. The summed E-state index contributed by atoms with van der Waals surface area (Å²) in [4.78, 5) is 0. The average molecular weight is 456 g/mol. The fraction of sp³-hybridized carbons (Fsp3) is 0.889. The van der Waals surface area contributed by atoms with Crippen molar-refractivity contribution in [1.29, 1.82) is 0 Å². The average Bonchev–Trinajstić information content (AvgIpc) is 2.41. The highest BCUT2D eigenvalue weighted by Gasteiger charge is 2.13. The molecular formula is C18H36Br2OSi. The van der Waals surface area contributed by atoms with Crippen LogP contribution in [0, 0.1) is 0 Å². The lowest BCUT2D eigenvalue weighted by molar-refractivity contribution is 0.151. The molecule has 132 valence electrons. The van der Waals surface area contributed by atoms with Gasteiger partial charge in [-0.3, -0.25) is 0 Å². The summed E-state index contributed by atoms with van der Waals surface area (Å²) in [5, 5.41) is 0. The number of ether oxygens (including phenoxy) is 1. The minimum Gasteiger partial charge on any atom is -0.377 e. The van der Waals surface area contributed by atoms with Gasteiger partial charge in [-0.15, -0.1) is 0 Å². The molecular weight excluding hydrogens is 420 g/mol. The normalized spacial score (nSPS) is 12.0. The molecule has 0 heterocycles. The Morgan fingerprint density at radius 2 is 1.27 bits per heavy atom. The first-order valence-electron chi connectivity index (χ1n) is 9.02. The van der Waals surface area contributed by atoms with Gasteiger partial charge in [0.05, 0.1) is 9.46 Å². The zero-order chi connectivity index (χ0) is 16.7. The summed E-state index contributed by atoms with van der Waals surface area (Å²) < 4.78 is 5.79. The number of alkyl halides is 2. The van der Waals surface area contributed by atoms with Gasteiger partial charge in [0.15, 0.2) is 0 Å². The van der Waals surface area contributed by atoms with Gasteiger partial charge in [-0.2, -0.15) is 0 Å². The zero-order valence-electron chi connectivity index (χ0n) is 14.8. The van der Waals surface area contributed by atoms with Crippen molar-refractivity contribution in [3.8, 4) is 0 Å². The van der Waals surface area contributed by atoms with E-state index >= 15 is 0 Å². The number of rotatable bonds is 16. The Morgan fingerprint density at radius 1 is 0.864 bits per heavy atom. The summed E-state index contributed by atoms with van der Waals surface area (Å²) in [6.07, 6.45) is 16.4. The Bertz CT molecular complexity index is 264. The minimum absolute atomic E-state index is 0.287. The molecule has 0 aromatic rings. The van der Waals surface area contributed by atoms with E-state index in [0.717, 1.165) is 18.8 Å². The Hall–Kier alpha value is 0.877. The first-order chi connectivity index (χ1) is 10.4. The van der Waals surface area contributed by atoms with Gasteiger partial charge in [-0.25, -0.2) is 0 Å². The van der Waals surface area contributed by atoms with Crippen LogP contribution in [0.1, 0.15) is 84.0 Å². The third kappa shape index (κ3) is 20.9. The maximum Gasteiger partial charge on any atom is 0.0671 e. The molecule has 0 rings (SSSR count). The summed E-state index contributed by atoms with van der Waals surface area (Å²) in [7, 11) is 1.17. The molecule has 0 saturated heterocycles. The molecule has 0 bridgehead atoms. The molecule has 0 amide bonds. The Labute approximate surface area is 158 Å². The number of hydrogen-bond acceptors (Lipinski definition) is 1. The Morgan fingerprint density at radius 3 is 1.68 bits per heavy atom. The summed E-state index contributed by atoms with van der Waals surface area (Å²) >= 11 is 7.38. The van der Waals surface area contributed by atoms with Crippen molar-refractivity contribution in [2.45, 2.75) is 86.8 Å². The zero-order valence-corrected chi connectivity index (χ0v) is 19.9. The van der Waals surface area contributed by atoms with Crippen molar-refractivity contribution in [3.63, 3.8) is 0 Å². The molecule has 0 spiro atoms. The van der Waals surface area contributed by atoms with Crippen LogP contribution in [0.25, 0.3) is 0 Å². The van der Waals surface area contributed by atoms with Crippen LogP contribution in [0.2, 0.25) is 0 Å². The third-order valence-corrected chi connectivity index (χ3v) is 5.05. The molecule has 0 saturated carbocycles. The van der Waals surface area contributed by atoms with Gasteiger partial charge in [0.25, 0.3) is 0 Å². The molecule has 0 aromatic heterocycles. The van der Waals surface area contributed by atoms with E-state index in [9.17, 15) is 0 Å². The van der Waals surface area contributed by atoms with E-state index < -0.39 is 0 Å².